The number of para-hydroxylation sites is 1. The first kappa shape index (κ1) is 15.4. The number of alkyl halides is 3. The Balaban J connectivity index is 1.62. The van der Waals surface area contributed by atoms with E-state index >= 15 is 0 Å². The molecule has 0 aliphatic carbocycles. The molecule has 1 aromatic heterocycles. The molecule has 0 saturated carbocycles. The summed E-state index contributed by atoms with van der Waals surface area (Å²) < 4.78 is 37.2. The molecule has 0 unspecified atom stereocenters. The van der Waals surface area contributed by atoms with Gasteiger partial charge in [-0.3, -0.25) is 0 Å². The van der Waals surface area contributed by atoms with E-state index in [9.17, 15) is 13.2 Å². The Kier molecular flexibility index (Phi) is 4.14. The maximum Gasteiger partial charge on any atom is 0.415 e. The van der Waals surface area contributed by atoms with Gasteiger partial charge in [0.2, 0.25) is 0 Å². The number of hydrogen-bond acceptors (Lipinski definition) is 2. The first-order valence-electron chi connectivity index (χ1n) is 7.48. The SMILES string of the molecule is O[C@@H](CN1CCC(c2c[nH]c3ccccc23)CC1)C(F)(F)F. The number of β-amino-alcohol motifs (C(OH)–C–C–N with tert-alkyl or cyclic N) is 1. The second kappa shape index (κ2) is 5.93. The van der Waals surface area contributed by atoms with Crippen molar-refractivity contribution in [1.29, 1.82) is 0 Å². The number of hydrogen-bond donors (Lipinski definition) is 2. The Labute approximate surface area is 126 Å². The van der Waals surface area contributed by atoms with E-state index in [0.717, 1.165) is 18.4 Å². The predicted molar refractivity (Wildman–Crippen MR) is 78.8 cm³/mol. The van der Waals surface area contributed by atoms with E-state index in [1.165, 1.54) is 10.9 Å². The summed E-state index contributed by atoms with van der Waals surface area (Å²) >= 11 is 0. The summed E-state index contributed by atoms with van der Waals surface area (Å²) in [4.78, 5) is 4.94. The van der Waals surface area contributed by atoms with E-state index < -0.39 is 12.3 Å². The summed E-state index contributed by atoms with van der Waals surface area (Å²) in [6.07, 6.45) is -3.15. The number of benzene rings is 1. The highest BCUT2D eigenvalue weighted by molar-refractivity contribution is 5.83. The zero-order valence-corrected chi connectivity index (χ0v) is 12.1. The fourth-order valence-corrected chi connectivity index (χ4v) is 3.21. The van der Waals surface area contributed by atoms with E-state index in [-0.39, 0.29) is 6.54 Å². The number of fused-ring (bicyclic) bond motifs is 1. The second-order valence-corrected chi connectivity index (χ2v) is 5.92. The maximum atomic E-state index is 12.4. The van der Waals surface area contributed by atoms with Gasteiger partial charge in [0.25, 0.3) is 0 Å². The fourth-order valence-electron chi connectivity index (χ4n) is 3.21. The number of piperidine rings is 1. The predicted octanol–water partition coefficient (Wildman–Crippen LogP) is 3.27. The van der Waals surface area contributed by atoms with E-state index in [4.69, 9.17) is 5.11 Å². The first-order valence-corrected chi connectivity index (χ1v) is 7.48. The molecule has 120 valence electrons. The highest BCUT2D eigenvalue weighted by Gasteiger charge is 2.39. The van der Waals surface area contributed by atoms with Crippen LogP contribution in [0.1, 0.15) is 24.3 Å². The van der Waals surface area contributed by atoms with Crippen LogP contribution in [0.25, 0.3) is 10.9 Å². The molecule has 0 spiro atoms. The zero-order valence-electron chi connectivity index (χ0n) is 12.1. The minimum atomic E-state index is -4.53. The molecule has 1 aromatic carbocycles. The largest absolute Gasteiger partial charge is 0.415 e. The van der Waals surface area contributed by atoms with Crippen LogP contribution in [0.3, 0.4) is 0 Å². The van der Waals surface area contributed by atoms with Crippen molar-refractivity contribution in [3.8, 4) is 0 Å². The maximum absolute atomic E-state index is 12.4. The number of nitrogens with one attached hydrogen (secondary N) is 1. The zero-order chi connectivity index (χ0) is 15.7. The standard InChI is InChI=1S/C16H19F3N2O/c17-16(18,19)15(22)10-21-7-5-11(6-8-21)13-9-20-14-4-2-1-3-12(13)14/h1-4,9,11,15,20,22H,5-8,10H2/t15-/m0/s1. The summed E-state index contributed by atoms with van der Waals surface area (Å²) in [6.45, 7) is 0.832. The van der Waals surface area contributed by atoms with Crippen molar-refractivity contribution >= 4 is 10.9 Å². The van der Waals surface area contributed by atoms with Crippen molar-refractivity contribution in [1.82, 2.24) is 9.88 Å². The monoisotopic (exact) mass is 312 g/mol. The number of aromatic nitrogens is 1. The number of likely N-dealkylation sites (tertiary alicyclic amines) is 1. The number of aliphatic hydroxyl groups is 1. The van der Waals surface area contributed by atoms with Crippen LogP contribution in [0.2, 0.25) is 0 Å². The van der Waals surface area contributed by atoms with Gasteiger partial charge in [-0.05, 0) is 43.5 Å². The minimum Gasteiger partial charge on any atom is -0.382 e. The van der Waals surface area contributed by atoms with Gasteiger partial charge >= 0.3 is 6.18 Å². The van der Waals surface area contributed by atoms with Gasteiger partial charge < -0.3 is 15.0 Å². The van der Waals surface area contributed by atoms with Crippen LogP contribution in [0.5, 0.6) is 0 Å². The highest BCUT2D eigenvalue weighted by Crippen LogP contribution is 2.33. The van der Waals surface area contributed by atoms with Crippen molar-refractivity contribution in [2.45, 2.75) is 31.0 Å². The molecule has 1 saturated heterocycles. The number of rotatable bonds is 3. The van der Waals surface area contributed by atoms with Crippen LogP contribution >= 0.6 is 0 Å². The third-order valence-corrected chi connectivity index (χ3v) is 4.46. The van der Waals surface area contributed by atoms with Gasteiger partial charge in [0.15, 0.2) is 6.10 Å². The molecular weight excluding hydrogens is 293 g/mol. The van der Waals surface area contributed by atoms with Crippen molar-refractivity contribution in [3.63, 3.8) is 0 Å². The van der Waals surface area contributed by atoms with E-state index in [1.807, 2.05) is 24.4 Å². The topological polar surface area (TPSA) is 39.3 Å². The van der Waals surface area contributed by atoms with E-state index in [2.05, 4.69) is 11.1 Å². The van der Waals surface area contributed by atoms with Crippen LogP contribution in [0.4, 0.5) is 13.2 Å². The molecular formula is C16H19F3N2O. The average Bonchev–Trinajstić information content (AvgIpc) is 2.91. The molecule has 3 rings (SSSR count). The molecule has 2 N–H and O–H groups in total. The molecule has 2 heterocycles. The van der Waals surface area contributed by atoms with Crippen molar-refractivity contribution in [2.24, 2.45) is 0 Å². The smallest absolute Gasteiger partial charge is 0.382 e. The van der Waals surface area contributed by atoms with Crippen LogP contribution in [-0.4, -0.2) is 46.9 Å². The third-order valence-electron chi connectivity index (χ3n) is 4.46. The average molecular weight is 312 g/mol. The number of aliphatic hydroxyl groups excluding tert-OH is 1. The summed E-state index contributed by atoms with van der Waals surface area (Å²) in [5, 5.41) is 10.3. The summed E-state index contributed by atoms with van der Waals surface area (Å²) in [5.74, 6) is 0.357. The van der Waals surface area contributed by atoms with E-state index in [1.54, 1.807) is 4.90 Å². The lowest BCUT2D eigenvalue weighted by molar-refractivity contribution is -0.208. The van der Waals surface area contributed by atoms with Crippen LogP contribution in [-0.2, 0) is 0 Å². The Morgan fingerprint density at radius 3 is 2.59 bits per heavy atom. The molecule has 0 bridgehead atoms. The van der Waals surface area contributed by atoms with Gasteiger partial charge in [0.05, 0.1) is 0 Å². The molecule has 1 aliphatic rings. The lowest BCUT2D eigenvalue weighted by Gasteiger charge is -2.33. The molecule has 22 heavy (non-hydrogen) atoms. The van der Waals surface area contributed by atoms with Crippen LogP contribution < -0.4 is 0 Å². The molecule has 6 heteroatoms. The van der Waals surface area contributed by atoms with Gasteiger partial charge in [-0.2, -0.15) is 13.2 Å². The van der Waals surface area contributed by atoms with Gasteiger partial charge in [-0.25, -0.2) is 0 Å². The molecule has 0 amide bonds. The Morgan fingerprint density at radius 2 is 1.91 bits per heavy atom. The lowest BCUT2D eigenvalue weighted by Crippen LogP contribution is -2.43. The summed E-state index contributed by atoms with van der Waals surface area (Å²) in [7, 11) is 0. The van der Waals surface area contributed by atoms with Crippen molar-refractivity contribution in [3.05, 3.63) is 36.0 Å². The van der Waals surface area contributed by atoms with Crippen molar-refractivity contribution in [2.75, 3.05) is 19.6 Å². The fraction of sp³-hybridized carbons (Fsp3) is 0.500. The van der Waals surface area contributed by atoms with Gasteiger partial charge in [-0.15, -0.1) is 0 Å². The van der Waals surface area contributed by atoms with Crippen LogP contribution in [0.15, 0.2) is 30.5 Å². The lowest BCUT2D eigenvalue weighted by atomic mass is 9.89. The molecule has 1 fully saturated rings. The number of nitrogens with zero attached hydrogens (tertiary/aromatic N) is 1. The first-order chi connectivity index (χ1) is 10.4. The number of H-pyrrole nitrogens is 1. The highest BCUT2D eigenvalue weighted by atomic mass is 19.4. The Bertz CT molecular complexity index is 630. The second-order valence-electron chi connectivity index (χ2n) is 5.92. The molecule has 2 aromatic rings. The normalized spacial score (nSPS) is 19.6. The molecule has 1 atom stereocenters. The molecule has 0 radical (unpaired) electrons. The summed E-state index contributed by atoms with van der Waals surface area (Å²) in [6, 6.07) is 8.06. The third kappa shape index (κ3) is 3.13. The van der Waals surface area contributed by atoms with Gasteiger partial charge in [0, 0.05) is 23.6 Å². The summed E-state index contributed by atoms with van der Waals surface area (Å²) in [5.41, 5.74) is 2.33. The molecule has 3 nitrogen and oxygen atoms in total. The van der Waals surface area contributed by atoms with E-state index in [0.29, 0.717) is 19.0 Å². The minimum absolute atomic E-state index is 0.329. The Hall–Kier alpha value is -1.53. The number of aromatic amines is 1. The van der Waals surface area contributed by atoms with Gasteiger partial charge in [0.1, 0.15) is 0 Å². The number of halogens is 3. The van der Waals surface area contributed by atoms with Gasteiger partial charge in [-0.1, -0.05) is 18.2 Å². The Morgan fingerprint density at radius 1 is 1.23 bits per heavy atom. The molecule has 1 aliphatic heterocycles. The van der Waals surface area contributed by atoms with Crippen LogP contribution in [0, 0.1) is 0 Å². The van der Waals surface area contributed by atoms with Crippen molar-refractivity contribution < 1.29 is 18.3 Å². The quantitative estimate of drug-likeness (QED) is 0.913.